The lowest BCUT2D eigenvalue weighted by molar-refractivity contribution is -0.144. The van der Waals surface area contributed by atoms with Gasteiger partial charge < -0.3 is 45.2 Å². The highest BCUT2D eigenvalue weighted by molar-refractivity contribution is 7.13. The number of aliphatic hydroxyl groups is 1. The van der Waals surface area contributed by atoms with Crippen LogP contribution in [0.15, 0.2) is 60.2 Å². The third-order valence-corrected chi connectivity index (χ3v) is 17.8. The van der Waals surface area contributed by atoms with Gasteiger partial charge in [0, 0.05) is 49.9 Å². The maximum atomic E-state index is 17.2. The zero-order chi connectivity index (χ0) is 57.4. The zero-order valence-corrected chi connectivity index (χ0v) is 48.0. The average molecular weight is 1150 g/mol. The number of pyridine rings is 1. The molecule has 19 nitrogen and oxygen atoms in total. The molecule has 0 unspecified atom stereocenters. The van der Waals surface area contributed by atoms with E-state index < -0.39 is 59.3 Å². The van der Waals surface area contributed by atoms with E-state index in [9.17, 15) is 34.5 Å². The highest BCUT2D eigenvalue weighted by Crippen LogP contribution is 2.41. The van der Waals surface area contributed by atoms with Gasteiger partial charge in [-0.3, -0.25) is 29.2 Å². The number of carbonyl (C=O) groups excluding carboxylic acids is 3. The summed E-state index contributed by atoms with van der Waals surface area (Å²) in [4.78, 5) is 80.4. The molecular formula is C59H70ClFN10O9S. The van der Waals surface area contributed by atoms with Gasteiger partial charge >= 0.3 is 12.1 Å². The number of hydrogen-bond acceptors (Lipinski definition) is 15. The second-order valence-electron chi connectivity index (χ2n) is 23.0. The molecule has 5 N–H and O–H groups in total. The molecule has 3 aromatic carbocycles. The van der Waals surface area contributed by atoms with Crippen molar-refractivity contribution in [3.05, 3.63) is 87.9 Å². The number of carbonyl (C=O) groups is 4. The van der Waals surface area contributed by atoms with E-state index in [0.717, 1.165) is 58.4 Å². The van der Waals surface area contributed by atoms with Gasteiger partial charge in [0.1, 0.15) is 48.1 Å². The third-order valence-electron chi connectivity index (χ3n) is 16.4. The van der Waals surface area contributed by atoms with E-state index in [0.29, 0.717) is 72.9 Å². The summed E-state index contributed by atoms with van der Waals surface area (Å²) in [5.74, 6) is -1.52. The number of halogens is 2. The molecule has 0 spiro atoms. The number of aromatic hydroxyl groups is 1. The van der Waals surface area contributed by atoms with Crippen molar-refractivity contribution in [3.63, 3.8) is 0 Å². The first-order valence-corrected chi connectivity index (χ1v) is 29.1. The number of nitrogens with zero attached hydrogens (tertiary/aromatic N) is 8. The van der Waals surface area contributed by atoms with E-state index in [2.05, 4.69) is 30.5 Å². The maximum absolute atomic E-state index is 17.2. The van der Waals surface area contributed by atoms with Crippen molar-refractivity contribution in [2.45, 2.75) is 116 Å². The average Bonchev–Trinajstić information content (AvgIpc) is 4.29. The van der Waals surface area contributed by atoms with Gasteiger partial charge in [-0.25, -0.2) is 14.2 Å². The van der Waals surface area contributed by atoms with E-state index in [1.807, 2.05) is 82.8 Å². The normalized spacial score (nSPS) is 20.5. The molecule has 4 amide bonds. The van der Waals surface area contributed by atoms with Gasteiger partial charge in [-0.1, -0.05) is 75.7 Å². The smallest absolute Gasteiger partial charge is 0.407 e. The fourth-order valence-corrected chi connectivity index (χ4v) is 13.4. The molecule has 6 aromatic rings. The molecule has 3 aromatic heterocycles. The Kier molecular flexibility index (Phi) is 17.0. The Morgan fingerprint density at radius 1 is 0.963 bits per heavy atom. The van der Waals surface area contributed by atoms with Crippen LogP contribution in [0, 0.1) is 24.1 Å². The molecule has 0 saturated carbocycles. The fraction of sp³-hybridized carbons (Fsp3) is 0.492. The van der Waals surface area contributed by atoms with Crippen molar-refractivity contribution < 1.29 is 48.4 Å². The number of amides is 4. The third kappa shape index (κ3) is 12.1. The molecule has 6 atom stereocenters. The lowest BCUT2D eigenvalue weighted by atomic mass is 9.85. The van der Waals surface area contributed by atoms with Crippen LogP contribution in [-0.2, 0) is 25.5 Å². The monoisotopic (exact) mass is 1150 g/mol. The first kappa shape index (κ1) is 57.5. The van der Waals surface area contributed by atoms with Gasteiger partial charge in [0.15, 0.2) is 5.82 Å². The molecule has 4 saturated heterocycles. The number of piperazine rings is 1. The van der Waals surface area contributed by atoms with Crippen LogP contribution in [0.2, 0.25) is 5.02 Å². The summed E-state index contributed by atoms with van der Waals surface area (Å²) in [6.07, 6.45) is 3.37. The summed E-state index contributed by atoms with van der Waals surface area (Å²) in [7, 11) is 0. The van der Waals surface area contributed by atoms with Gasteiger partial charge in [0.25, 0.3) is 0 Å². The number of fused-ring (bicyclic) bond motifs is 4. The van der Waals surface area contributed by atoms with Crippen molar-refractivity contribution in [2.24, 2.45) is 11.3 Å². The molecule has 430 valence electrons. The van der Waals surface area contributed by atoms with Crippen molar-refractivity contribution >= 4 is 74.2 Å². The summed E-state index contributed by atoms with van der Waals surface area (Å²) in [6.45, 7) is 14.1. The molecular weight excluding hydrogens is 1080 g/mol. The van der Waals surface area contributed by atoms with Crippen LogP contribution in [0.25, 0.3) is 43.4 Å². The molecule has 0 radical (unpaired) electrons. The minimum Gasteiger partial charge on any atom is -0.508 e. The Morgan fingerprint density at radius 3 is 2.40 bits per heavy atom. The summed E-state index contributed by atoms with van der Waals surface area (Å²) in [6, 6.07) is 11.5. The Bertz CT molecular complexity index is 3340. The standard InChI is InChI=1S/C59H70ClFN10O9S/c1-7-35-10-8-11-36-22-39(72)23-43(47(35)36)50-49(61)51-44(25-62-50)54(69-26-37-14-15-38(27-69)71(37)58(77)78)67-57(66-51)80-21-20-68-18-16-34(17-19-68)29-79-30-46(74)65-53(59(4,5)6)56(76)70-28-40(73)24-45(70)55(75)64-32(2)41-12-9-13-42(48(41)60)52-33(3)63-31-81-52/h8-13,22-23,25,31-32,34,37-38,40,45,53,72-73H,7,14-21,24,26-30H2,1-6H3,(H,64,75)(H,65,74)(H,77,78)/t32-,37-,38+,40+,45-,53+/m0/s1. The molecule has 81 heavy (non-hydrogen) atoms. The van der Waals surface area contributed by atoms with E-state index in [1.54, 1.807) is 17.8 Å². The van der Waals surface area contributed by atoms with Gasteiger partial charge in [-0.05, 0) is 104 Å². The van der Waals surface area contributed by atoms with Gasteiger partial charge in [-0.2, -0.15) is 9.97 Å². The number of piperidine rings is 1. The van der Waals surface area contributed by atoms with Crippen molar-refractivity contribution in [1.82, 2.24) is 45.3 Å². The van der Waals surface area contributed by atoms with Crippen LogP contribution in [-0.4, -0.2) is 163 Å². The zero-order valence-electron chi connectivity index (χ0n) is 46.5. The Morgan fingerprint density at radius 2 is 1.70 bits per heavy atom. The van der Waals surface area contributed by atoms with Crippen LogP contribution >= 0.6 is 22.9 Å². The number of aryl methyl sites for hydroxylation is 2. The number of hydrogen-bond donors (Lipinski definition) is 5. The predicted octanol–water partition coefficient (Wildman–Crippen LogP) is 8.15. The molecule has 22 heteroatoms. The second-order valence-corrected chi connectivity index (χ2v) is 24.2. The van der Waals surface area contributed by atoms with Crippen molar-refractivity contribution in [3.8, 4) is 33.5 Å². The van der Waals surface area contributed by atoms with Crippen LogP contribution in [0.3, 0.4) is 0 Å². The number of nitrogens with one attached hydrogen (secondary N) is 2. The van der Waals surface area contributed by atoms with E-state index >= 15 is 4.39 Å². The lowest BCUT2D eigenvalue weighted by Crippen LogP contribution is -2.58. The molecule has 4 fully saturated rings. The SMILES string of the molecule is CCc1cccc2cc(O)cc(-c3ncc4c(N5C[C@H]6CC[C@@H](C5)N6C(=O)O)nc(OCCN5CCC(COCC(=O)N[C@H](C(=O)N6C[C@H](O)C[C@H]6C(=O)N[C@@H](C)c6cccc(-c7scnc7C)c6Cl)C(C)(C)C)CC5)nc4c3F)c12. The summed E-state index contributed by atoms with van der Waals surface area (Å²) >= 11 is 8.37. The number of rotatable bonds is 17. The number of anilines is 1. The largest absolute Gasteiger partial charge is 0.508 e. The minimum absolute atomic E-state index is 0.00596. The molecule has 0 aliphatic carbocycles. The first-order valence-electron chi connectivity index (χ1n) is 27.8. The predicted molar refractivity (Wildman–Crippen MR) is 307 cm³/mol. The summed E-state index contributed by atoms with van der Waals surface area (Å²) in [5.41, 5.74) is 4.81. The quantitative estimate of drug-likeness (QED) is 0.0580. The Balaban J connectivity index is 0.740. The number of aromatic nitrogens is 4. The fourth-order valence-electron chi connectivity index (χ4n) is 12.2. The van der Waals surface area contributed by atoms with E-state index in [4.69, 9.17) is 26.1 Å². The van der Waals surface area contributed by atoms with Gasteiger partial charge in [0.05, 0.1) is 57.3 Å². The van der Waals surface area contributed by atoms with Crippen molar-refractivity contribution in [2.75, 3.05) is 64.0 Å². The van der Waals surface area contributed by atoms with Crippen LogP contribution in [0.4, 0.5) is 15.0 Å². The van der Waals surface area contributed by atoms with E-state index in [1.165, 1.54) is 27.2 Å². The number of benzene rings is 3. The molecule has 2 bridgehead atoms. The Hall–Kier alpha value is -6.78. The van der Waals surface area contributed by atoms with E-state index in [-0.39, 0.29) is 67.2 Å². The number of β-amino-alcohol motifs (C(OH)–C–C–N with tert-alkyl or cyclic N) is 1. The molecule has 4 aliphatic heterocycles. The molecule has 4 aliphatic rings. The highest BCUT2D eigenvalue weighted by Gasteiger charge is 2.46. The Labute approximate surface area is 478 Å². The molecule has 7 heterocycles. The number of phenols is 1. The second kappa shape index (κ2) is 24.0. The number of thiazole rings is 1. The maximum Gasteiger partial charge on any atom is 0.407 e. The van der Waals surface area contributed by atoms with Gasteiger partial charge in [0.2, 0.25) is 17.7 Å². The highest BCUT2D eigenvalue weighted by atomic mass is 35.5. The minimum atomic E-state index is -1.02. The number of ether oxygens (including phenoxy) is 2. The number of likely N-dealkylation sites (tertiary alicyclic amines) is 2. The van der Waals surface area contributed by atoms with Crippen LogP contribution in [0.5, 0.6) is 11.8 Å². The lowest BCUT2D eigenvalue weighted by Gasteiger charge is -2.40. The number of carboxylic acid groups (broad SMARTS) is 1. The summed E-state index contributed by atoms with van der Waals surface area (Å²) < 4.78 is 29.4. The number of aliphatic hydroxyl groups excluding tert-OH is 1. The summed E-state index contributed by atoms with van der Waals surface area (Å²) in [5, 5.41) is 39.8. The van der Waals surface area contributed by atoms with Crippen LogP contribution < -0.4 is 20.3 Å². The molecule has 10 rings (SSSR count). The van der Waals surface area contributed by atoms with Gasteiger partial charge in [-0.15, -0.1) is 11.3 Å². The first-order chi connectivity index (χ1) is 38.8. The van der Waals surface area contributed by atoms with Crippen molar-refractivity contribution in [1.29, 1.82) is 0 Å². The topological polar surface area (TPSA) is 236 Å². The van der Waals surface area contributed by atoms with Crippen LogP contribution in [0.1, 0.15) is 89.6 Å². The number of phenolic OH excluding ortho intramolecular Hbond substituents is 1.